The van der Waals surface area contributed by atoms with Gasteiger partial charge in [-0.1, -0.05) is 6.07 Å². The Morgan fingerprint density at radius 3 is 2.75 bits per heavy atom. The fourth-order valence-corrected chi connectivity index (χ4v) is 4.56. The first-order valence-corrected chi connectivity index (χ1v) is 9.96. The molecule has 2 aliphatic rings. The molecular formula is C18H23F3O5P2. The lowest BCUT2D eigenvalue weighted by Gasteiger charge is -2.24. The Labute approximate surface area is 166 Å². The van der Waals surface area contributed by atoms with Crippen molar-refractivity contribution in [3.63, 3.8) is 0 Å². The Hall–Kier alpha value is -0.940. The van der Waals surface area contributed by atoms with E-state index in [9.17, 15) is 18.0 Å². The summed E-state index contributed by atoms with van der Waals surface area (Å²) in [6.07, 6.45) is -2.41. The maximum Gasteiger partial charge on any atom is 0.416 e. The van der Waals surface area contributed by atoms with E-state index in [-0.39, 0.29) is 48.5 Å². The monoisotopic (exact) mass is 438 g/mol. The molecule has 7 atom stereocenters. The lowest BCUT2D eigenvalue weighted by molar-refractivity contribution is -0.142. The third-order valence-electron chi connectivity index (χ3n) is 5.44. The van der Waals surface area contributed by atoms with Crippen molar-refractivity contribution in [3.05, 3.63) is 29.8 Å². The van der Waals surface area contributed by atoms with Crippen LogP contribution in [-0.4, -0.2) is 30.9 Å². The van der Waals surface area contributed by atoms with E-state index in [1.54, 1.807) is 0 Å². The SMILES string of the molecule is O=C1C[C@H]2C(CC(OP)[C@@H]2CCC(COc2cccc(C(F)(F)F)c2)OP)O1. The van der Waals surface area contributed by atoms with Gasteiger partial charge in [-0.2, -0.15) is 13.2 Å². The zero-order valence-corrected chi connectivity index (χ0v) is 17.4. The topological polar surface area (TPSA) is 54.0 Å². The molecule has 2 fully saturated rings. The molecule has 5 unspecified atom stereocenters. The Bertz CT molecular complexity index is 687. The molecule has 1 saturated heterocycles. The molecule has 0 spiro atoms. The number of alkyl halides is 3. The van der Waals surface area contributed by atoms with Crippen LogP contribution in [0.1, 0.15) is 31.2 Å². The minimum absolute atomic E-state index is 0.0114. The number of hydrogen-bond donors (Lipinski definition) is 0. The number of hydrogen-bond acceptors (Lipinski definition) is 5. The molecule has 1 aliphatic heterocycles. The van der Waals surface area contributed by atoms with E-state index in [1.165, 1.54) is 12.1 Å². The summed E-state index contributed by atoms with van der Waals surface area (Å²) in [5, 5.41) is 0. The maximum atomic E-state index is 12.8. The molecule has 28 heavy (non-hydrogen) atoms. The van der Waals surface area contributed by atoms with Crippen LogP contribution in [0.5, 0.6) is 5.75 Å². The summed E-state index contributed by atoms with van der Waals surface area (Å²) in [5.74, 6) is 0.260. The van der Waals surface area contributed by atoms with E-state index in [0.717, 1.165) is 18.6 Å². The summed E-state index contributed by atoms with van der Waals surface area (Å²) < 4.78 is 60.1. The maximum absolute atomic E-state index is 12.8. The molecular weight excluding hydrogens is 415 g/mol. The largest absolute Gasteiger partial charge is 0.491 e. The van der Waals surface area contributed by atoms with Crippen LogP contribution in [0.25, 0.3) is 0 Å². The molecule has 0 aromatic heterocycles. The van der Waals surface area contributed by atoms with Crippen molar-refractivity contribution in [2.24, 2.45) is 11.8 Å². The van der Waals surface area contributed by atoms with Gasteiger partial charge < -0.3 is 18.5 Å². The van der Waals surface area contributed by atoms with Crippen molar-refractivity contribution in [3.8, 4) is 5.75 Å². The Balaban J connectivity index is 1.54. The molecule has 0 radical (unpaired) electrons. The highest BCUT2D eigenvalue weighted by atomic mass is 31.0. The smallest absolute Gasteiger partial charge is 0.416 e. The first kappa shape index (κ1) is 21.8. The summed E-state index contributed by atoms with van der Waals surface area (Å²) in [6, 6.07) is 4.77. The van der Waals surface area contributed by atoms with Crippen LogP contribution in [0, 0.1) is 11.8 Å². The number of rotatable bonds is 8. The van der Waals surface area contributed by atoms with E-state index in [1.807, 2.05) is 0 Å². The highest BCUT2D eigenvalue weighted by Gasteiger charge is 2.50. The zero-order chi connectivity index (χ0) is 20.3. The van der Waals surface area contributed by atoms with Crippen molar-refractivity contribution in [1.29, 1.82) is 0 Å². The number of ether oxygens (including phenoxy) is 2. The second-order valence-corrected chi connectivity index (χ2v) is 7.69. The van der Waals surface area contributed by atoms with Gasteiger partial charge in [0.2, 0.25) is 0 Å². The Morgan fingerprint density at radius 2 is 2.07 bits per heavy atom. The van der Waals surface area contributed by atoms with Crippen molar-refractivity contribution < 1.29 is 36.5 Å². The normalized spacial score (nSPS) is 28.1. The van der Waals surface area contributed by atoms with E-state index >= 15 is 0 Å². The number of halogens is 3. The molecule has 10 heteroatoms. The predicted octanol–water partition coefficient (Wildman–Crippen LogP) is 4.17. The van der Waals surface area contributed by atoms with E-state index in [0.29, 0.717) is 19.3 Å². The quantitative estimate of drug-likeness (QED) is 0.451. The van der Waals surface area contributed by atoms with Crippen LogP contribution in [0.2, 0.25) is 0 Å². The van der Waals surface area contributed by atoms with E-state index in [4.69, 9.17) is 18.5 Å². The minimum Gasteiger partial charge on any atom is -0.491 e. The van der Waals surface area contributed by atoms with Gasteiger partial charge in [0.05, 0.1) is 24.2 Å². The number of carbonyl (C=O) groups is 1. The van der Waals surface area contributed by atoms with Gasteiger partial charge in [-0.15, -0.1) is 0 Å². The van der Waals surface area contributed by atoms with Gasteiger partial charge in [0.1, 0.15) is 18.5 Å². The number of fused-ring (bicyclic) bond motifs is 1. The van der Waals surface area contributed by atoms with E-state index < -0.39 is 11.7 Å². The molecule has 1 aliphatic carbocycles. The zero-order valence-electron chi connectivity index (χ0n) is 15.1. The third-order valence-corrected chi connectivity index (χ3v) is 6.18. The van der Waals surface area contributed by atoms with Crippen LogP contribution >= 0.6 is 18.9 Å². The molecule has 1 aromatic carbocycles. The second-order valence-electron chi connectivity index (χ2n) is 7.14. The molecule has 3 rings (SSSR count). The third kappa shape index (κ3) is 5.15. The molecule has 1 saturated carbocycles. The Morgan fingerprint density at radius 1 is 1.29 bits per heavy atom. The first-order valence-electron chi connectivity index (χ1n) is 9.02. The van der Waals surface area contributed by atoms with Crippen LogP contribution in [0.15, 0.2) is 24.3 Å². The number of esters is 1. The first-order chi connectivity index (χ1) is 13.3. The van der Waals surface area contributed by atoms with Crippen molar-refractivity contribution in [2.45, 2.75) is 50.2 Å². The summed E-state index contributed by atoms with van der Waals surface area (Å²) in [7, 11) is 4.45. The van der Waals surface area contributed by atoms with Crippen LogP contribution in [-0.2, 0) is 24.8 Å². The van der Waals surface area contributed by atoms with Crippen LogP contribution < -0.4 is 4.74 Å². The summed E-state index contributed by atoms with van der Waals surface area (Å²) in [6.45, 7) is 0.119. The van der Waals surface area contributed by atoms with E-state index in [2.05, 4.69) is 18.9 Å². The molecule has 0 amide bonds. The predicted molar refractivity (Wildman–Crippen MR) is 101 cm³/mol. The average Bonchev–Trinajstić information content (AvgIpc) is 3.17. The van der Waals surface area contributed by atoms with Crippen molar-refractivity contribution in [2.75, 3.05) is 6.61 Å². The molecule has 1 aromatic rings. The molecule has 0 bridgehead atoms. The van der Waals surface area contributed by atoms with Gasteiger partial charge >= 0.3 is 12.1 Å². The highest BCUT2D eigenvalue weighted by molar-refractivity contribution is 7.10. The van der Waals surface area contributed by atoms with Gasteiger partial charge in [-0.3, -0.25) is 4.79 Å². The molecule has 1 heterocycles. The van der Waals surface area contributed by atoms with Crippen LogP contribution in [0.3, 0.4) is 0 Å². The van der Waals surface area contributed by atoms with Gasteiger partial charge in [0.25, 0.3) is 0 Å². The molecule has 0 N–H and O–H groups in total. The van der Waals surface area contributed by atoms with Gasteiger partial charge in [0.15, 0.2) is 0 Å². The molecule has 156 valence electrons. The summed E-state index contributed by atoms with van der Waals surface area (Å²) >= 11 is 0. The average molecular weight is 438 g/mol. The van der Waals surface area contributed by atoms with Crippen LogP contribution in [0.4, 0.5) is 13.2 Å². The summed E-state index contributed by atoms with van der Waals surface area (Å²) in [4.78, 5) is 11.6. The lowest BCUT2D eigenvalue weighted by Crippen LogP contribution is -2.25. The lowest BCUT2D eigenvalue weighted by atomic mass is 9.87. The number of benzene rings is 1. The highest BCUT2D eigenvalue weighted by Crippen LogP contribution is 2.45. The summed E-state index contributed by atoms with van der Waals surface area (Å²) in [5.41, 5.74) is -0.753. The van der Waals surface area contributed by atoms with Crippen molar-refractivity contribution in [1.82, 2.24) is 0 Å². The molecule has 5 nitrogen and oxygen atoms in total. The Kier molecular flexibility index (Phi) is 7.19. The fourth-order valence-electron chi connectivity index (χ4n) is 4.03. The standard InChI is InChI=1S/C18H23F3O5P2/c19-18(20,21)10-2-1-3-11(6-10)23-9-12(25-27)4-5-13-14-7-17(22)24-15(14)8-16(13)26-28/h1-3,6,12-16H,4-5,7-9,27-28H2/t12?,13-,14-,15?,16?/m1/s1. The van der Waals surface area contributed by atoms with Gasteiger partial charge in [0, 0.05) is 31.3 Å². The van der Waals surface area contributed by atoms with Gasteiger partial charge in [-0.05, 0) is 37.0 Å². The van der Waals surface area contributed by atoms with Crippen molar-refractivity contribution >= 4 is 24.9 Å². The second kappa shape index (κ2) is 9.25. The minimum atomic E-state index is -4.41. The van der Waals surface area contributed by atoms with Gasteiger partial charge in [-0.25, -0.2) is 0 Å². The fraction of sp³-hybridized carbons (Fsp3) is 0.611. The number of carbonyl (C=O) groups excluding carboxylic acids is 1.